The molecule has 1 aromatic rings. The van der Waals surface area contributed by atoms with Crippen molar-refractivity contribution < 1.29 is 9.53 Å². The first-order valence-electron chi connectivity index (χ1n) is 5.04. The van der Waals surface area contributed by atoms with Gasteiger partial charge < -0.3 is 4.74 Å². The molecule has 3 nitrogen and oxygen atoms in total. The molecule has 1 saturated heterocycles. The van der Waals surface area contributed by atoms with Crippen LogP contribution in [0.5, 0.6) is 5.75 Å². The van der Waals surface area contributed by atoms with Gasteiger partial charge in [-0.15, -0.1) is 11.6 Å². The van der Waals surface area contributed by atoms with E-state index in [0.29, 0.717) is 11.4 Å². The Kier molecular flexibility index (Phi) is 3.67. The molecule has 1 fully saturated rings. The van der Waals surface area contributed by atoms with Gasteiger partial charge in [0.2, 0.25) is 3.67 Å². The third kappa shape index (κ3) is 2.16. The quantitative estimate of drug-likeness (QED) is 0.611. The number of amides is 1. The van der Waals surface area contributed by atoms with E-state index in [2.05, 4.69) is 0 Å². The molecule has 0 N–H and O–H groups in total. The number of carbonyl (C=O) groups is 1. The summed E-state index contributed by atoms with van der Waals surface area (Å²) >= 11 is 19.2. The van der Waals surface area contributed by atoms with Crippen molar-refractivity contribution in [3.8, 4) is 5.75 Å². The van der Waals surface area contributed by atoms with E-state index in [1.165, 1.54) is 11.2 Å². The number of carbonyl (C=O) groups excluding carboxylic acids is 1. The molecule has 0 aliphatic carbocycles. The minimum atomic E-state index is -1.40. The molecule has 2 rings (SSSR count). The zero-order valence-electron chi connectivity index (χ0n) is 9.62. The molecular weight excluding hydrogens is 317 g/mol. The number of hydrogen-bond donors (Lipinski definition) is 0. The molecular formula is C11H10Cl3NO2S. The summed E-state index contributed by atoms with van der Waals surface area (Å²) in [7, 11) is 1.57. The molecule has 1 aliphatic heterocycles. The fourth-order valence-electron chi connectivity index (χ4n) is 1.44. The van der Waals surface area contributed by atoms with Crippen LogP contribution in [-0.2, 0) is 4.79 Å². The van der Waals surface area contributed by atoms with Gasteiger partial charge in [-0.1, -0.05) is 23.2 Å². The smallest absolute Gasteiger partial charge is 0.262 e. The van der Waals surface area contributed by atoms with Crippen LogP contribution >= 0.6 is 46.8 Å². The number of anilines is 1. The molecule has 0 aromatic heterocycles. The van der Waals surface area contributed by atoms with Crippen LogP contribution in [0.3, 0.4) is 0 Å². The standard InChI is InChI=1S/C11H10Cl3NO2S/c1-10(12)9(16)15(18-11(10,13)14)7-3-5-8(17-2)6-4-7/h3-6H,1-2H3. The van der Waals surface area contributed by atoms with Gasteiger partial charge in [0, 0.05) is 11.9 Å². The molecule has 1 atom stereocenters. The summed E-state index contributed by atoms with van der Waals surface area (Å²) in [5.74, 6) is 0.358. The minimum absolute atomic E-state index is 0.343. The topological polar surface area (TPSA) is 29.5 Å². The molecule has 0 bridgehead atoms. The first kappa shape index (κ1) is 14.1. The van der Waals surface area contributed by atoms with Crippen LogP contribution in [0.15, 0.2) is 24.3 Å². The van der Waals surface area contributed by atoms with Gasteiger partial charge in [-0.05, 0) is 31.2 Å². The predicted molar refractivity (Wildman–Crippen MR) is 76.8 cm³/mol. The molecule has 1 heterocycles. The molecule has 0 radical (unpaired) electrons. The number of rotatable bonds is 2. The van der Waals surface area contributed by atoms with E-state index < -0.39 is 8.54 Å². The van der Waals surface area contributed by atoms with Gasteiger partial charge in [0.15, 0.2) is 4.87 Å². The fraction of sp³-hybridized carbons (Fsp3) is 0.364. The van der Waals surface area contributed by atoms with Gasteiger partial charge in [0.05, 0.1) is 12.8 Å². The number of benzene rings is 1. The van der Waals surface area contributed by atoms with E-state index in [-0.39, 0.29) is 5.91 Å². The monoisotopic (exact) mass is 325 g/mol. The average Bonchev–Trinajstić information content (AvgIpc) is 2.50. The first-order chi connectivity index (χ1) is 8.29. The number of halogens is 3. The Hall–Kier alpha value is -0.290. The highest BCUT2D eigenvalue weighted by Gasteiger charge is 2.61. The van der Waals surface area contributed by atoms with Crippen molar-refractivity contribution in [1.82, 2.24) is 0 Å². The molecule has 1 aromatic carbocycles. The minimum Gasteiger partial charge on any atom is -0.497 e. The lowest BCUT2D eigenvalue weighted by molar-refractivity contribution is -0.118. The van der Waals surface area contributed by atoms with Crippen LogP contribution < -0.4 is 9.04 Å². The van der Waals surface area contributed by atoms with E-state index in [0.717, 1.165) is 11.9 Å². The van der Waals surface area contributed by atoms with Crippen LogP contribution in [0.4, 0.5) is 5.69 Å². The van der Waals surface area contributed by atoms with E-state index >= 15 is 0 Å². The molecule has 18 heavy (non-hydrogen) atoms. The molecule has 1 amide bonds. The Bertz CT molecular complexity index is 476. The molecule has 0 spiro atoms. The van der Waals surface area contributed by atoms with Crippen LogP contribution in [0.25, 0.3) is 0 Å². The van der Waals surface area contributed by atoms with Crippen molar-refractivity contribution in [1.29, 1.82) is 0 Å². The number of hydrogen-bond acceptors (Lipinski definition) is 3. The van der Waals surface area contributed by atoms with Crippen LogP contribution in [0.2, 0.25) is 0 Å². The number of ether oxygens (including phenoxy) is 1. The second kappa shape index (κ2) is 4.67. The maximum Gasteiger partial charge on any atom is 0.262 e. The second-order valence-electron chi connectivity index (χ2n) is 3.91. The number of nitrogens with zero attached hydrogens (tertiary/aromatic N) is 1. The third-order valence-corrected chi connectivity index (χ3v) is 5.76. The Labute approximate surface area is 124 Å². The largest absolute Gasteiger partial charge is 0.497 e. The second-order valence-corrected chi connectivity index (χ2v) is 7.60. The molecule has 98 valence electrons. The average molecular weight is 327 g/mol. The van der Waals surface area contributed by atoms with Gasteiger partial charge >= 0.3 is 0 Å². The van der Waals surface area contributed by atoms with Gasteiger partial charge in [-0.25, -0.2) is 4.31 Å². The summed E-state index contributed by atoms with van der Waals surface area (Å²) in [4.78, 5) is 10.8. The highest BCUT2D eigenvalue weighted by Crippen LogP contribution is 2.57. The van der Waals surface area contributed by atoms with Gasteiger partial charge in [-0.3, -0.25) is 4.79 Å². The van der Waals surface area contributed by atoms with Gasteiger partial charge in [0.1, 0.15) is 5.75 Å². The lowest BCUT2D eigenvalue weighted by atomic mass is 10.2. The fourth-order valence-corrected chi connectivity index (χ4v) is 3.24. The first-order valence-corrected chi connectivity index (χ1v) is 6.95. The van der Waals surface area contributed by atoms with Crippen molar-refractivity contribution >= 4 is 58.3 Å². The van der Waals surface area contributed by atoms with Crippen LogP contribution in [-0.4, -0.2) is 21.6 Å². The van der Waals surface area contributed by atoms with Gasteiger partial charge in [0.25, 0.3) is 5.91 Å². The van der Waals surface area contributed by atoms with E-state index in [1.807, 2.05) is 0 Å². The summed E-state index contributed by atoms with van der Waals surface area (Å²) in [5.41, 5.74) is 0.654. The zero-order chi connectivity index (χ0) is 13.6. The summed E-state index contributed by atoms with van der Waals surface area (Å²) in [5, 5.41) is 0. The number of methoxy groups -OCH3 is 1. The lowest BCUT2D eigenvalue weighted by Gasteiger charge is -2.20. The Morgan fingerprint density at radius 2 is 1.78 bits per heavy atom. The zero-order valence-corrected chi connectivity index (χ0v) is 12.7. The van der Waals surface area contributed by atoms with E-state index in [1.54, 1.807) is 31.4 Å². The van der Waals surface area contributed by atoms with Crippen molar-refractivity contribution in [2.75, 3.05) is 11.4 Å². The van der Waals surface area contributed by atoms with Gasteiger partial charge in [-0.2, -0.15) is 0 Å². The van der Waals surface area contributed by atoms with E-state index in [9.17, 15) is 4.79 Å². The van der Waals surface area contributed by atoms with Crippen molar-refractivity contribution in [2.24, 2.45) is 0 Å². The third-order valence-electron chi connectivity index (χ3n) is 2.65. The maximum atomic E-state index is 12.2. The van der Waals surface area contributed by atoms with Crippen molar-refractivity contribution in [2.45, 2.75) is 15.5 Å². The van der Waals surface area contributed by atoms with Crippen LogP contribution in [0.1, 0.15) is 6.92 Å². The lowest BCUT2D eigenvalue weighted by Crippen LogP contribution is -2.39. The maximum absolute atomic E-state index is 12.2. The number of alkyl halides is 3. The van der Waals surface area contributed by atoms with Crippen LogP contribution in [0, 0.1) is 0 Å². The van der Waals surface area contributed by atoms with E-state index in [4.69, 9.17) is 39.5 Å². The predicted octanol–water partition coefficient (Wildman–Crippen LogP) is 3.82. The molecule has 1 aliphatic rings. The van der Waals surface area contributed by atoms with Crippen molar-refractivity contribution in [3.05, 3.63) is 24.3 Å². The highest BCUT2D eigenvalue weighted by molar-refractivity contribution is 8.06. The SMILES string of the molecule is COc1ccc(N2SC(Cl)(Cl)C(C)(Cl)C2=O)cc1. The summed E-state index contributed by atoms with van der Waals surface area (Å²) < 4.78 is 5.05. The highest BCUT2D eigenvalue weighted by atomic mass is 35.5. The molecule has 1 unspecified atom stereocenters. The Morgan fingerprint density at radius 3 is 2.17 bits per heavy atom. The summed E-state index contributed by atoms with van der Waals surface area (Å²) in [6.07, 6.45) is 0. The molecule has 7 heteroatoms. The normalized spacial score (nSPS) is 26.5. The molecule has 0 saturated carbocycles. The summed E-state index contributed by atoms with van der Waals surface area (Å²) in [6.45, 7) is 1.51. The Balaban J connectivity index is 2.33. The van der Waals surface area contributed by atoms with Crippen molar-refractivity contribution in [3.63, 3.8) is 0 Å². The Morgan fingerprint density at radius 1 is 1.22 bits per heavy atom. The summed E-state index contributed by atoms with van der Waals surface area (Å²) in [6, 6.07) is 6.98.